The summed E-state index contributed by atoms with van der Waals surface area (Å²) in [5, 5.41) is 3.34. The normalized spacial score (nSPS) is 21.6. The highest BCUT2D eigenvalue weighted by atomic mass is 16.5. The van der Waals surface area contributed by atoms with Crippen LogP contribution in [0.1, 0.15) is 32.6 Å². The number of hydrogen-bond acceptors (Lipinski definition) is 5. The molecular weight excluding hydrogens is 254 g/mol. The van der Waals surface area contributed by atoms with Crippen molar-refractivity contribution in [1.82, 2.24) is 15.1 Å². The fourth-order valence-corrected chi connectivity index (χ4v) is 2.90. The number of nitrogens with zero attached hydrogens (tertiary/aromatic N) is 2. The molecule has 0 amide bonds. The Morgan fingerprint density at radius 3 is 2.50 bits per heavy atom. The first kappa shape index (κ1) is 15.7. The molecule has 0 unspecified atom stereocenters. The van der Waals surface area contributed by atoms with E-state index in [0.717, 1.165) is 18.9 Å². The van der Waals surface area contributed by atoms with Crippen LogP contribution in [0.3, 0.4) is 0 Å². The summed E-state index contributed by atoms with van der Waals surface area (Å²) in [5.74, 6) is -0.0461. The monoisotopic (exact) mass is 283 g/mol. The Kier molecular flexibility index (Phi) is 6.76. The zero-order valence-electron chi connectivity index (χ0n) is 12.8. The Hall–Kier alpha value is -0.650. The Labute approximate surface area is 122 Å². The highest BCUT2D eigenvalue weighted by Crippen LogP contribution is 2.11. The van der Waals surface area contributed by atoms with Crippen molar-refractivity contribution in [1.29, 1.82) is 0 Å². The largest absolute Gasteiger partial charge is 0.466 e. The summed E-state index contributed by atoms with van der Waals surface area (Å²) in [4.78, 5) is 16.4. The van der Waals surface area contributed by atoms with E-state index in [-0.39, 0.29) is 5.97 Å². The highest BCUT2D eigenvalue weighted by molar-refractivity contribution is 5.69. The SMILES string of the molecule is CCOC(=O)CCCCCN1CCN(C2CNC2)CC1. The van der Waals surface area contributed by atoms with Crippen molar-refractivity contribution in [3.05, 3.63) is 0 Å². The fraction of sp³-hybridized carbons (Fsp3) is 0.933. The summed E-state index contributed by atoms with van der Waals surface area (Å²) >= 11 is 0. The molecule has 2 aliphatic heterocycles. The van der Waals surface area contributed by atoms with Crippen LogP contribution in [0, 0.1) is 0 Å². The van der Waals surface area contributed by atoms with E-state index in [1.165, 1.54) is 52.2 Å². The van der Waals surface area contributed by atoms with Gasteiger partial charge in [0, 0.05) is 51.7 Å². The van der Waals surface area contributed by atoms with Crippen LogP contribution in [-0.4, -0.2) is 74.2 Å². The van der Waals surface area contributed by atoms with Gasteiger partial charge in [-0.15, -0.1) is 0 Å². The van der Waals surface area contributed by atoms with E-state index in [1.807, 2.05) is 6.92 Å². The molecule has 0 aromatic carbocycles. The van der Waals surface area contributed by atoms with Gasteiger partial charge in [-0.1, -0.05) is 6.42 Å². The molecule has 2 saturated heterocycles. The molecule has 0 atom stereocenters. The number of ether oxygens (including phenoxy) is 1. The van der Waals surface area contributed by atoms with Crippen LogP contribution >= 0.6 is 0 Å². The van der Waals surface area contributed by atoms with Gasteiger partial charge in [0.2, 0.25) is 0 Å². The Bertz CT molecular complexity index is 287. The van der Waals surface area contributed by atoms with E-state index in [2.05, 4.69) is 15.1 Å². The average Bonchev–Trinajstić information content (AvgIpc) is 2.38. The predicted octanol–water partition coefficient (Wildman–Crippen LogP) is 0.699. The van der Waals surface area contributed by atoms with Gasteiger partial charge in [0.15, 0.2) is 0 Å². The maximum Gasteiger partial charge on any atom is 0.305 e. The molecule has 2 aliphatic rings. The molecule has 0 aromatic heterocycles. The van der Waals surface area contributed by atoms with E-state index >= 15 is 0 Å². The lowest BCUT2D eigenvalue weighted by atomic mass is 10.1. The molecule has 5 heteroatoms. The summed E-state index contributed by atoms with van der Waals surface area (Å²) in [6.07, 6.45) is 3.87. The maximum atomic E-state index is 11.2. The third-order valence-corrected chi connectivity index (χ3v) is 4.34. The standard InChI is InChI=1S/C15H29N3O2/c1-2-20-15(19)6-4-3-5-7-17-8-10-18(11-9-17)14-12-16-13-14/h14,16H,2-13H2,1H3. The fourth-order valence-electron chi connectivity index (χ4n) is 2.90. The second-order valence-electron chi connectivity index (χ2n) is 5.81. The Morgan fingerprint density at radius 1 is 1.15 bits per heavy atom. The number of esters is 1. The molecule has 2 rings (SSSR count). The van der Waals surface area contributed by atoms with Gasteiger partial charge in [-0.3, -0.25) is 9.69 Å². The third-order valence-electron chi connectivity index (χ3n) is 4.34. The lowest BCUT2D eigenvalue weighted by Crippen LogP contribution is -2.61. The lowest BCUT2D eigenvalue weighted by Gasteiger charge is -2.43. The number of carbonyl (C=O) groups is 1. The molecule has 0 spiro atoms. The van der Waals surface area contributed by atoms with E-state index < -0.39 is 0 Å². The third kappa shape index (κ3) is 5.04. The van der Waals surface area contributed by atoms with E-state index in [4.69, 9.17) is 4.74 Å². The van der Waals surface area contributed by atoms with Crippen molar-refractivity contribution >= 4 is 5.97 Å². The molecule has 0 aliphatic carbocycles. The second kappa shape index (κ2) is 8.60. The van der Waals surface area contributed by atoms with Gasteiger partial charge < -0.3 is 15.0 Å². The first-order valence-corrected chi connectivity index (χ1v) is 8.12. The van der Waals surface area contributed by atoms with Gasteiger partial charge in [-0.05, 0) is 26.3 Å². The van der Waals surface area contributed by atoms with Gasteiger partial charge in [0.1, 0.15) is 0 Å². The molecule has 2 fully saturated rings. The summed E-state index contributed by atoms with van der Waals surface area (Å²) in [5.41, 5.74) is 0. The van der Waals surface area contributed by atoms with E-state index in [0.29, 0.717) is 13.0 Å². The van der Waals surface area contributed by atoms with Crippen molar-refractivity contribution in [3.8, 4) is 0 Å². The lowest BCUT2D eigenvalue weighted by molar-refractivity contribution is -0.143. The Morgan fingerprint density at radius 2 is 1.90 bits per heavy atom. The summed E-state index contributed by atoms with van der Waals surface area (Å²) in [6.45, 7) is 10.7. The summed E-state index contributed by atoms with van der Waals surface area (Å²) in [7, 11) is 0. The molecule has 0 bridgehead atoms. The van der Waals surface area contributed by atoms with Crippen LogP contribution in [0.15, 0.2) is 0 Å². The number of rotatable bonds is 8. The molecule has 5 nitrogen and oxygen atoms in total. The summed E-state index contributed by atoms with van der Waals surface area (Å²) in [6, 6.07) is 0.793. The smallest absolute Gasteiger partial charge is 0.305 e. The minimum atomic E-state index is -0.0461. The van der Waals surface area contributed by atoms with Crippen molar-refractivity contribution in [3.63, 3.8) is 0 Å². The first-order chi connectivity index (χ1) is 9.79. The van der Waals surface area contributed by atoms with Gasteiger partial charge >= 0.3 is 5.97 Å². The molecule has 0 aromatic rings. The van der Waals surface area contributed by atoms with Gasteiger partial charge in [-0.25, -0.2) is 0 Å². The zero-order chi connectivity index (χ0) is 14.2. The molecule has 2 heterocycles. The van der Waals surface area contributed by atoms with Gasteiger partial charge in [0.25, 0.3) is 0 Å². The molecule has 0 saturated carbocycles. The topological polar surface area (TPSA) is 44.8 Å². The Balaban J connectivity index is 1.45. The molecular formula is C15H29N3O2. The van der Waals surface area contributed by atoms with Crippen molar-refractivity contribution in [2.24, 2.45) is 0 Å². The van der Waals surface area contributed by atoms with Crippen LogP contribution < -0.4 is 5.32 Å². The van der Waals surface area contributed by atoms with Crippen molar-refractivity contribution in [2.75, 3.05) is 52.4 Å². The maximum absolute atomic E-state index is 11.2. The quantitative estimate of drug-likeness (QED) is 0.525. The average molecular weight is 283 g/mol. The minimum absolute atomic E-state index is 0.0461. The zero-order valence-corrected chi connectivity index (χ0v) is 12.8. The van der Waals surface area contributed by atoms with Gasteiger partial charge in [-0.2, -0.15) is 0 Å². The molecule has 20 heavy (non-hydrogen) atoms. The van der Waals surface area contributed by atoms with Crippen molar-refractivity contribution < 1.29 is 9.53 Å². The second-order valence-corrected chi connectivity index (χ2v) is 5.81. The van der Waals surface area contributed by atoms with Crippen molar-refractivity contribution in [2.45, 2.75) is 38.6 Å². The minimum Gasteiger partial charge on any atom is -0.466 e. The van der Waals surface area contributed by atoms with Gasteiger partial charge in [0.05, 0.1) is 6.61 Å². The number of hydrogen-bond donors (Lipinski definition) is 1. The van der Waals surface area contributed by atoms with Crippen LogP contribution in [0.25, 0.3) is 0 Å². The van der Waals surface area contributed by atoms with Crippen LogP contribution in [0.2, 0.25) is 0 Å². The highest BCUT2D eigenvalue weighted by Gasteiger charge is 2.27. The molecule has 116 valence electrons. The first-order valence-electron chi connectivity index (χ1n) is 8.12. The number of unbranched alkanes of at least 4 members (excludes halogenated alkanes) is 2. The number of carbonyl (C=O) groups excluding carboxylic acids is 1. The molecule has 1 N–H and O–H groups in total. The predicted molar refractivity (Wildman–Crippen MR) is 79.8 cm³/mol. The number of nitrogens with one attached hydrogen (secondary N) is 1. The molecule has 0 radical (unpaired) electrons. The van der Waals surface area contributed by atoms with Crippen LogP contribution in [-0.2, 0) is 9.53 Å². The van der Waals surface area contributed by atoms with E-state index in [9.17, 15) is 4.79 Å². The number of piperazine rings is 1. The summed E-state index contributed by atoms with van der Waals surface area (Å²) < 4.78 is 4.93. The van der Waals surface area contributed by atoms with Crippen LogP contribution in [0.5, 0.6) is 0 Å². The van der Waals surface area contributed by atoms with Crippen LogP contribution in [0.4, 0.5) is 0 Å². The van der Waals surface area contributed by atoms with E-state index in [1.54, 1.807) is 0 Å².